The molecular weight excluding hydrogens is 310 g/mol. The molecule has 3 aromatic rings. The smallest absolute Gasteiger partial charge is 0.142 e. The Balaban J connectivity index is 1.89. The molecule has 1 fully saturated rings. The number of nitriles is 1. The Morgan fingerprint density at radius 2 is 1.96 bits per heavy atom. The van der Waals surface area contributed by atoms with Crippen molar-refractivity contribution in [3.63, 3.8) is 0 Å². The van der Waals surface area contributed by atoms with Crippen LogP contribution in [0, 0.1) is 18.3 Å². The molecular formula is C21H21N3O. The lowest BCUT2D eigenvalue weighted by atomic mass is 9.95. The molecule has 1 N–H and O–H groups in total. The van der Waals surface area contributed by atoms with Gasteiger partial charge in [0.05, 0.1) is 11.3 Å². The normalized spacial score (nSPS) is 15.4. The number of aromatic nitrogens is 2. The van der Waals surface area contributed by atoms with Gasteiger partial charge in [0.25, 0.3) is 0 Å². The first kappa shape index (κ1) is 15.7. The molecule has 0 saturated heterocycles. The third-order valence-electron chi connectivity index (χ3n) is 5.19. The fraction of sp³-hybridized carbons (Fsp3) is 0.333. The highest BCUT2D eigenvalue weighted by Gasteiger charge is 2.20. The van der Waals surface area contributed by atoms with E-state index in [1.54, 1.807) is 6.07 Å². The van der Waals surface area contributed by atoms with Crippen molar-refractivity contribution >= 4 is 11.0 Å². The van der Waals surface area contributed by atoms with E-state index in [9.17, 15) is 10.4 Å². The predicted octanol–water partition coefficient (Wildman–Crippen LogP) is 5.09. The zero-order chi connectivity index (χ0) is 17.4. The second kappa shape index (κ2) is 6.25. The molecule has 2 aromatic heterocycles. The summed E-state index contributed by atoms with van der Waals surface area (Å²) >= 11 is 0. The molecule has 2 heterocycles. The minimum atomic E-state index is 0.230. The van der Waals surface area contributed by atoms with Crippen LogP contribution in [0.2, 0.25) is 0 Å². The summed E-state index contributed by atoms with van der Waals surface area (Å²) in [6, 6.07) is 12.1. The van der Waals surface area contributed by atoms with Crippen molar-refractivity contribution in [3.05, 3.63) is 47.7 Å². The van der Waals surface area contributed by atoms with Gasteiger partial charge in [-0.15, -0.1) is 0 Å². The van der Waals surface area contributed by atoms with Crippen molar-refractivity contribution in [1.82, 2.24) is 9.55 Å². The maximum Gasteiger partial charge on any atom is 0.142 e. The SMILES string of the molecule is Cc1ccc(O)c(-c2ccc3c(C#N)cn(C4CCCCC4)c3n2)c1. The van der Waals surface area contributed by atoms with E-state index in [1.807, 2.05) is 37.4 Å². The van der Waals surface area contributed by atoms with Crippen molar-refractivity contribution in [1.29, 1.82) is 5.26 Å². The Morgan fingerprint density at radius 3 is 2.72 bits per heavy atom. The Hall–Kier alpha value is -2.80. The number of phenols is 1. The van der Waals surface area contributed by atoms with Crippen LogP contribution in [0.1, 0.15) is 49.3 Å². The summed E-state index contributed by atoms with van der Waals surface area (Å²) in [5, 5.41) is 20.6. The van der Waals surface area contributed by atoms with E-state index in [0.717, 1.165) is 40.7 Å². The number of hydrogen-bond donors (Lipinski definition) is 1. The first-order valence-corrected chi connectivity index (χ1v) is 8.89. The van der Waals surface area contributed by atoms with Crippen LogP contribution in [0.4, 0.5) is 0 Å². The molecule has 1 aromatic carbocycles. The molecule has 126 valence electrons. The van der Waals surface area contributed by atoms with E-state index in [-0.39, 0.29) is 5.75 Å². The maximum absolute atomic E-state index is 10.2. The fourth-order valence-corrected chi connectivity index (χ4v) is 3.86. The number of nitrogens with zero attached hydrogens (tertiary/aromatic N) is 3. The summed E-state index contributed by atoms with van der Waals surface area (Å²) in [5.74, 6) is 0.230. The number of aryl methyl sites for hydroxylation is 1. The van der Waals surface area contributed by atoms with Crippen LogP contribution in [0.15, 0.2) is 36.5 Å². The third-order valence-corrected chi connectivity index (χ3v) is 5.19. The van der Waals surface area contributed by atoms with E-state index in [2.05, 4.69) is 10.6 Å². The zero-order valence-corrected chi connectivity index (χ0v) is 14.4. The first-order valence-electron chi connectivity index (χ1n) is 8.89. The second-order valence-corrected chi connectivity index (χ2v) is 6.94. The van der Waals surface area contributed by atoms with E-state index >= 15 is 0 Å². The number of phenolic OH excluding ortho intramolecular Hbond substituents is 1. The molecule has 4 heteroatoms. The number of rotatable bonds is 2. The van der Waals surface area contributed by atoms with Crippen molar-refractivity contribution in [2.45, 2.75) is 45.1 Å². The first-order chi connectivity index (χ1) is 12.2. The van der Waals surface area contributed by atoms with Crippen LogP contribution in [0.3, 0.4) is 0 Å². The van der Waals surface area contributed by atoms with Gasteiger partial charge in [-0.25, -0.2) is 4.98 Å². The molecule has 0 unspecified atom stereocenters. The summed E-state index contributed by atoms with van der Waals surface area (Å²) < 4.78 is 2.18. The summed E-state index contributed by atoms with van der Waals surface area (Å²) in [6.45, 7) is 2.00. The second-order valence-electron chi connectivity index (χ2n) is 6.94. The molecule has 0 aliphatic heterocycles. The van der Waals surface area contributed by atoms with E-state index in [1.165, 1.54) is 19.3 Å². The summed E-state index contributed by atoms with van der Waals surface area (Å²) in [4.78, 5) is 4.84. The highest BCUT2D eigenvalue weighted by Crippen LogP contribution is 2.35. The van der Waals surface area contributed by atoms with Gasteiger partial charge in [0.15, 0.2) is 0 Å². The van der Waals surface area contributed by atoms with Crippen molar-refractivity contribution < 1.29 is 5.11 Å². The van der Waals surface area contributed by atoms with Gasteiger partial charge in [0.1, 0.15) is 17.5 Å². The number of fused-ring (bicyclic) bond motifs is 1. The van der Waals surface area contributed by atoms with Gasteiger partial charge < -0.3 is 9.67 Å². The standard InChI is InChI=1S/C21H21N3O/c1-14-7-10-20(25)18(11-14)19-9-8-17-15(12-22)13-24(21(17)23-19)16-5-3-2-4-6-16/h7-11,13,16,25H,2-6H2,1H3. The Morgan fingerprint density at radius 1 is 1.16 bits per heavy atom. The van der Waals surface area contributed by atoms with Crippen LogP contribution in [0.5, 0.6) is 5.75 Å². The van der Waals surface area contributed by atoms with Crippen LogP contribution in [0.25, 0.3) is 22.3 Å². The zero-order valence-electron chi connectivity index (χ0n) is 14.4. The van der Waals surface area contributed by atoms with Crippen molar-refractivity contribution in [3.8, 4) is 23.1 Å². The average Bonchev–Trinajstić information content (AvgIpc) is 3.02. The largest absolute Gasteiger partial charge is 0.507 e. The monoisotopic (exact) mass is 331 g/mol. The van der Waals surface area contributed by atoms with E-state index < -0.39 is 0 Å². The van der Waals surface area contributed by atoms with Crippen molar-refractivity contribution in [2.24, 2.45) is 0 Å². The Bertz CT molecular complexity index is 975. The average molecular weight is 331 g/mol. The van der Waals surface area contributed by atoms with Gasteiger partial charge in [-0.1, -0.05) is 30.9 Å². The van der Waals surface area contributed by atoms with E-state index in [4.69, 9.17) is 4.98 Å². The molecule has 25 heavy (non-hydrogen) atoms. The number of pyridine rings is 1. The topological polar surface area (TPSA) is 61.8 Å². The summed E-state index contributed by atoms with van der Waals surface area (Å²) in [7, 11) is 0. The molecule has 4 rings (SSSR count). The molecule has 0 radical (unpaired) electrons. The van der Waals surface area contributed by atoms with Gasteiger partial charge in [-0.05, 0) is 44.0 Å². The minimum absolute atomic E-state index is 0.230. The molecule has 1 saturated carbocycles. The van der Waals surface area contributed by atoms with Gasteiger partial charge >= 0.3 is 0 Å². The van der Waals surface area contributed by atoms with Crippen molar-refractivity contribution in [2.75, 3.05) is 0 Å². The lowest BCUT2D eigenvalue weighted by molar-refractivity contribution is 0.359. The third kappa shape index (κ3) is 2.76. The lowest BCUT2D eigenvalue weighted by Crippen LogP contribution is -2.12. The maximum atomic E-state index is 10.2. The van der Waals surface area contributed by atoms with Gasteiger partial charge in [0.2, 0.25) is 0 Å². The lowest BCUT2D eigenvalue weighted by Gasteiger charge is -2.23. The number of aromatic hydroxyl groups is 1. The van der Waals surface area contributed by atoms with Crippen LogP contribution in [-0.2, 0) is 0 Å². The molecule has 0 amide bonds. The minimum Gasteiger partial charge on any atom is -0.507 e. The quantitative estimate of drug-likeness (QED) is 0.711. The van der Waals surface area contributed by atoms with Crippen LogP contribution in [-0.4, -0.2) is 14.7 Å². The molecule has 0 spiro atoms. The number of hydrogen-bond acceptors (Lipinski definition) is 3. The van der Waals surface area contributed by atoms with Gasteiger partial charge in [-0.2, -0.15) is 5.26 Å². The fourth-order valence-electron chi connectivity index (χ4n) is 3.86. The summed E-state index contributed by atoms with van der Waals surface area (Å²) in [6.07, 6.45) is 7.96. The van der Waals surface area contributed by atoms with Crippen LogP contribution >= 0.6 is 0 Å². The molecule has 0 bridgehead atoms. The van der Waals surface area contributed by atoms with Gasteiger partial charge in [-0.3, -0.25) is 0 Å². The van der Waals surface area contributed by atoms with Crippen LogP contribution < -0.4 is 0 Å². The molecule has 0 atom stereocenters. The predicted molar refractivity (Wildman–Crippen MR) is 98.4 cm³/mol. The Kier molecular flexibility index (Phi) is 3.93. The molecule has 4 nitrogen and oxygen atoms in total. The highest BCUT2D eigenvalue weighted by molar-refractivity contribution is 5.86. The van der Waals surface area contributed by atoms with Gasteiger partial charge in [0, 0.05) is 23.2 Å². The Labute approximate surface area is 147 Å². The summed E-state index contributed by atoms with van der Waals surface area (Å²) in [5.41, 5.74) is 4.08. The molecule has 1 aliphatic carbocycles. The van der Waals surface area contributed by atoms with E-state index in [0.29, 0.717) is 11.6 Å². The molecule has 1 aliphatic rings. The number of benzene rings is 1. The highest BCUT2D eigenvalue weighted by atomic mass is 16.3.